The first-order valence-corrected chi connectivity index (χ1v) is 11.0. The number of hydrazone groups is 1. The predicted molar refractivity (Wildman–Crippen MR) is 125 cm³/mol. The van der Waals surface area contributed by atoms with E-state index in [0.717, 1.165) is 33.0 Å². The van der Waals surface area contributed by atoms with Crippen molar-refractivity contribution in [3.05, 3.63) is 82.9 Å². The molecule has 5 nitrogen and oxygen atoms in total. The van der Waals surface area contributed by atoms with Crippen molar-refractivity contribution in [2.75, 3.05) is 5.01 Å². The Hall–Kier alpha value is -3.75. The summed E-state index contributed by atoms with van der Waals surface area (Å²) in [7, 11) is 0. The Morgan fingerprint density at radius 3 is 2.46 bits per heavy atom. The molecule has 35 heavy (non-hydrogen) atoms. The Morgan fingerprint density at radius 2 is 1.83 bits per heavy atom. The molecule has 3 aromatic rings. The summed E-state index contributed by atoms with van der Waals surface area (Å²) in [6.07, 6.45) is -3.75. The molecule has 0 spiro atoms. The van der Waals surface area contributed by atoms with Crippen molar-refractivity contribution in [1.82, 2.24) is 4.98 Å². The topological polar surface area (TPSA) is 65.8 Å². The molecule has 0 bridgehead atoms. The SMILES string of the molecule is Cc1cc(-c2ccc(Cc3ccc(N4N=C(C(F)(F)F)CC4CC(=O)O)cc3)c(C)c2)c(F)cn1. The van der Waals surface area contributed by atoms with E-state index in [-0.39, 0.29) is 0 Å². The van der Waals surface area contributed by atoms with E-state index in [1.807, 2.05) is 25.1 Å². The number of aliphatic carboxylic acids is 1. The molecule has 1 unspecified atom stereocenters. The third-order valence-electron chi connectivity index (χ3n) is 5.98. The Kier molecular flexibility index (Phi) is 6.60. The predicted octanol–water partition coefficient (Wildman–Crippen LogP) is 6.07. The van der Waals surface area contributed by atoms with Gasteiger partial charge in [-0.05, 0) is 60.7 Å². The van der Waals surface area contributed by atoms with E-state index in [2.05, 4.69) is 10.1 Å². The van der Waals surface area contributed by atoms with Crippen molar-refractivity contribution in [3.63, 3.8) is 0 Å². The highest BCUT2D eigenvalue weighted by Gasteiger charge is 2.43. The lowest BCUT2D eigenvalue weighted by Crippen LogP contribution is -2.29. The summed E-state index contributed by atoms with van der Waals surface area (Å²) in [5.74, 6) is -1.58. The van der Waals surface area contributed by atoms with Gasteiger partial charge >= 0.3 is 12.1 Å². The number of aromatic nitrogens is 1. The van der Waals surface area contributed by atoms with Gasteiger partial charge in [0.1, 0.15) is 11.5 Å². The van der Waals surface area contributed by atoms with Gasteiger partial charge in [-0.15, -0.1) is 0 Å². The number of hydrogen-bond acceptors (Lipinski definition) is 4. The van der Waals surface area contributed by atoms with Crippen molar-refractivity contribution in [2.24, 2.45) is 5.10 Å². The number of rotatable bonds is 6. The molecule has 1 aliphatic heterocycles. The Labute approximate surface area is 199 Å². The number of pyridine rings is 1. The van der Waals surface area contributed by atoms with E-state index in [1.165, 1.54) is 6.20 Å². The second-order valence-electron chi connectivity index (χ2n) is 8.63. The van der Waals surface area contributed by atoms with Gasteiger partial charge in [-0.1, -0.05) is 30.3 Å². The second-order valence-corrected chi connectivity index (χ2v) is 8.63. The Balaban J connectivity index is 1.54. The molecule has 182 valence electrons. The van der Waals surface area contributed by atoms with Gasteiger partial charge < -0.3 is 5.11 Å². The average Bonchev–Trinajstić information content (AvgIpc) is 3.21. The summed E-state index contributed by atoms with van der Waals surface area (Å²) in [6, 6.07) is 13.3. The lowest BCUT2D eigenvalue weighted by atomic mass is 9.96. The lowest BCUT2D eigenvalue weighted by molar-refractivity contribution is -0.137. The molecule has 1 aliphatic rings. The van der Waals surface area contributed by atoms with E-state index in [9.17, 15) is 22.4 Å². The summed E-state index contributed by atoms with van der Waals surface area (Å²) in [6.45, 7) is 3.74. The van der Waals surface area contributed by atoms with E-state index >= 15 is 0 Å². The van der Waals surface area contributed by atoms with Crippen molar-refractivity contribution >= 4 is 17.4 Å². The molecule has 4 rings (SSSR count). The van der Waals surface area contributed by atoms with E-state index in [1.54, 1.807) is 37.3 Å². The van der Waals surface area contributed by atoms with E-state index in [0.29, 0.717) is 17.7 Å². The fourth-order valence-corrected chi connectivity index (χ4v) is 4.18. The summed E-state index contributed by atoms with van der Waals surface area (Å²) in [5.41, 5.74) is 4.29. The number of halogens is 4. The minimum atomic E-state index is -4.60. The number of carbonyl (C=O) groups is 1. The van der Waals surface area contributed by atoms with Crippen LogP contribution in [0.1, 0.15) is 35.2 Å². The number of hydrogen-bond donors (Lipinski definition) is 1. The highest BCUT2D eigenvalue weighted by atomic mass is 19.4. The molecule has 2 aromatic carbocycles. The maximum Gasteiger partial charge on any atom is 0.431 e. The number of carboxylic acid groups (broad SMARTS) is 1. The van der Waals surface area contributed by atoms with Crippen molar-refractivity contribution in [2.45, 2.75) is 45.3 Å². The number of benzene rings is 2. The van der Waals surface area contributed by atoms with Gasteiger partial charge in [0.25, 0.3) is 0 Å². The molecule has 1 aromatic heterocycles. The minimum absolute atomic E-state index is 0.391. The molecule has 2 heterocycles. The van der Waals surface area contributed by atoms with Crippen LogP contribution in [-0.4, -0.2) is 34.0 Å². The smallest absolute Gasteiger partial charge is 0.431 e. The van der Waals surface area contributed by atoms with Gasteiger partial charge in [-0.25, -0.2) is 4.39 Å². The van der Waals surface area contributed by atoms with Gasteiger partial charge in [0, 0.05) is 17.7 Å². The molecule has 0 saturated heterocycles. The molecule has 9 heteroatoms. The van der Waals surface area contributed by atoms with Crippen LogP contribution in [-0.2, 0) is 11.2 Å². The Morgan fingerprint density at radius 1 is 1.11 bits per heavy atom. The first kappa shape index (κ1) is 24.4. The third kappa shape index (κ3) is 5.50. The van der Waals surface area contributed by atoms with Crippen LogP contribution in [0.4, 0.5) is 23.2 Å². The van der Waals surface area contributed by atoms with Crippen molar-refractivity contribution in [1.29, 1.82) is 0 Å². The monoisotopic (exact) mass is 485 g/mol. The molecule has 0 amide bonds. The summed E-state index contributed by atoms with van der Waals surface area (Å²) >= 11 is 0. The fourth-order valence-electron chi connectivity index (χ4n) is 4.18. The molecule has 0 saturated carbocycles. The second kappa shape index (κ2) is 9.48. The van der Waals surface area contributed by atoms with Crippen LogP contribution >= 0.6 is 0 Å². The maximum absolute atomic E-state index is 14.2. The molecule has 0 radical (unpaired) electrons. The summed E-state index contributed by atoms with van der Waals surface area (Å²) in [4.78, 5) is 15.1. The zero-order valence-corrected chi connectivity index (χ0v) is 19.1. The number of anilines is 1. The van der Waals surface area contributed by atoms with Crippen LogP contribution in [0.3, 0.4) is 0 Å². The number of nitrogens with zero attached hydrogens (tertiary/aromatic N) is 3. The van der Waals surface area contributed by atoms with E-state index < -0.39 is 42.6 Å². The third-order valence-corrected chi connectivity index (χ3v) is 5.98. The van der Waals surface area contributed by atoms with Crippen LogP contribution in [0.5, 0.6) is 0 Å². The van der Waals surface area contributed by atoms with Gasteiger partial charge in [0.15, 0.2) is 0 Å². The van der Waals surface area contributed by atoms with Crippen LogP contribution in [0, 0.1) is 19.7 Å². The maximum atomic E-state index is 14.2. The molecule has 1 atom stereocenters. The number of alkyl halides is 3. The number of carboxylic acids is 1. The van der Waals surface area contributed by atoms with Crippen molar-refractivity contribution < 1.29 is 27.5 Å². The average molecular weight is 485 g/mol. The standard InChI is InChI=1S/C26H23F4N3O2/c1-15-9-19(22-10-16(2)31-14-23(22)27)6-5-18(15)11-17-3-7-20(8-4-17)33-21(13-25(34)35)12-24(32-33)26(28,29)30/h3-10,14,21H,11-13H2,1-2H3,(H,34,35). The highest BCUT2D eigenvalue weighted by molar-refractivity contribution is 5.94. The van der Waals surface area contributed by atoms with Crippen LogP contribution in [0.15, 0.2) is 59.8 Å². The molecule has 0 aliphatic carbocycles. The van der Waals surface area contributed by atoms with Gasteiger partial charge in [-0.3, -0.25) is 14.8 Å². The molecule has 0 fully saturated rings. The normalized spacial score (nSPS) is 15.9. The largest absolute Gasteiger partial charge is 0.481 e. The van der Waals surface area contributed by atoms with Crippen LogP contribution in [0.2, 0.25) is 0 Å². The first-order chi connectivity index (χ1) is 16.5. The van der Waals surface area contributed by atoms with Crippen molar-refractivity contribution in [3.8, 4) is 11.1 Å². The van der Waals surface area contributed by atoms with Gasteiger partial charge in [0.2, 0.25) is 0 Å². The molecular formula is C26H23F4N3O2. The van der Waals surface area contributed by atoms with Gasteiger partial charge in [-0.2, -0.15) is 18.3 Å². The summed E-state index contributed by atoms with van der Waals surface area (Å²) in [5, 5.41) is 13.9. The number of aryl methyl sites for hydroxylation is 2. The first-order valence-electron chi connectivity index (χ1n) is 11.0. The highest BCUT2D eigenvalue weighted by Crippen LogP contribution is 2.33. The molecule has 1 N–H and O–H groups in total. The zero-order chi connectivity index (χ0) is 25.3. The van der Waals surface area contributed by atoms with E-state index in [4.69, 9.17) is 5.11 Å². The Bertz CT molecular complexity index is 1290. The molecular weight excluding hydrogens is 462 g/mol. The zero-order valence-electron chi connectivity index (χ0n) is 19.1. The minimum Gasteiger partial charge on any atom is -0.481 e. The van der Waals surface area contributed by atoms with Crippen LogP contribution in [0.25, 0.3) is 11.1 Å². The summed E-state index contributed by atoms with van der Waals surface area (Å²) < 4.78 is 53.7. The van der Waals surface area contributed by atoms with Crippen LogP contribution < -0.4 is 5.01 Å². The lowest BCUT2D eigenvalue weighted by Gasteiger charge is -2.22. The fraction of sp³-hybridized carbons (Fsp3) is 0.269. The van der Waals surface area contributed by atoms with Gasteiger partial charge in [0.05, 0.1) is 24.3 Å². The quantitative estimate of drug-likeness (QED) is 0.431.